The third-order valence-corrected chi connectivity index (χ3v) is 5.98. The number of halogens is 1. The first-order valence-corrected chi connectivity index (χ1v) is 11.1. The van der Waals surface area contributed by atoms with Crippen LogP contribution in [0.25, 0.3) is 17.1 Å². The van der Waals surface area contributed by atoms with E-state index in [4.69, 9.17) is 13.9 Å². The van der Waals surface area contributed by atoms with Crippen LogP contribution in [0.15, 0.2) is 58.2 Å². The number of ether oxygens (including phenoxy) is 2. The highest BCUT2D eigenvalue weighted by molar-refractivity contribution is 7.99. The quantitative estimate of drug-likeness (QED) is 0.258. The number of Topliss-reactive ketones (excluding diaryl/α,β-unsaturated/α-hetero) is 1. The van der Waals surface area contributed by atoms with Crippen LogP contribution in [0.4, 0.5) is 4.39 Å². The van der Waals surface area contributed by atoms with E-state index in [-0.39, 0.29) is 22.6 Å². The molecule has 0 atom stereocenters. The van der Waals surface area contributed by atoms with Gasteiger partial charge in [0.2, 0.25) is 5.89 Å². The first-order chi connectivity index (χ1) is 15.9. The predicted molar refractivity (Wildman–Crippen MR) is 123 cm³/mol. The van der Waals surface area contributed by atoms with Crippen molar-refractivity contribution in [1.82, 2.24) is 14.8 Å². The first kappa shape index (κ1) is 22.6. The van der Waals surface area contributed by atoms with Crippen molar-refractivity contribution in [1.29, 1.82) is 0 Å². The molecule has 0 bridgehead atoms. The number of aryl methyl sites for hydroxylation is 1. The minimum Gasteiger partial charge on any atom is -0.493 e. The fourth-order valence-electron chi connectivity index (χ4n) is 3.62. The number of nitrogens with zero attached hydrogens (tertiary/aromatic N) is 3. The molecule has 0 amide bonds. The number of rotatable bonds is 8. The van der Waals surface area contributed by atoms with E-state index in [0.717, 1.165) is 23.1 Å². The molecule has 2 aromatic heterocycles. The molecular formula is C24H22FN3O4S. The van der Waals surface area contributed by atoms with E-state index in [1.54, 1.807) is 44.6 Å². The number of thioether (sulfide) groups is 1. The second-order valence-electron chi connectivity index (χ2n) is 7.25. The van der Waals surface area contributed by atoms with Crippen LogP contribution in [0.1, 0.15) is 21.7 Å². The summed E-state index contributed by atoms with van der Waals surface area (Å²) in [5.41, 5.74) is 3.52. The Morgan fingerprint density at radius 1 is 1.06 bits per heavy atom. The number of benzene rings is 2. The molecule has 0 aliphatic carbocycles. The molecule has 2 aromatic carbocycles. The smallest absolute Gasteiger partial charge is 0.277 e. The summed E-state index contributed by atoms with van der Waals surface area (Å²) in [6.07, 6.45) is 0. The van der Waals surface area contributed by atoms with Crippen LogP contribution in [0.2, 0.25) is 0 Å². The van der Waals surface area contributed by atoms with Gasteiger partial charge >= 0.3 is 0 Å². The van der Waals surface area contributed by atoms with Gasteiger partial charge in [-0.2, -0.15) is 0 Å². The zero-order valence-corrected chi connectivity index (χ0v) is 19.4. The van der Waals surface area contributed by atoms with Gasteiger partial charge in [-0.25, -0.2) is 4.39 Å². The highest BCUT2D eigenvalue weighted by atomic mass is 32.2. The lowest BCUT2D eigenvalue weighted by molar-refractivity contribution is 0.102. The lowest BCUT2D eigenvalue weighted by Crippen LogP contribution is -2.05. The summed E-state index contributed by atoms with van der Waals surface area (Å²) in [6, 6.07) is 13.4. The normalized spacial score (nSPS) is 10.9. The average Bonchev–Trinajstić information content (AvgIpc) is 3.41. The van der Waals surface area contributed by atoms with Gasteiger partial charge in [0.15, 0.2) is 17.3 Å². The Morgan fingerprint density at radius 2 is 1.85 bits per heavy atom. The van der Waals surface area contributed by atoms with E-state index >= 15 is 0 Å². The molecule has 9 heteroatoms. The van der Waals surface area contributed by atoms with Crippen molar-refractivity contribution < 1.29 is 23.1 Å². The van der Waals surface area contributed by atoms with Gasteiger partial charge in [0.1, 0.15) is 5.82 Å². The van der Waals surface area contributed by atoms with Gasteiger partial charge < -0.3 is 18.5 Å². The third kappa shape index (κ3) is 4.63. The lowest BCUT2D eigenvalue weighted by atomic mass is 10.2. The van der Waals surface area contributed by atoms with Gasteiger partial charge in [-0.3, -0.25) is 4.79 Å². The van der Waals surface area contributed by atoms with Gasteiger partial charge in [0.05, 0.1) is 20.0 Å². The van der Waals surface area contributed by atoms with Gasteiger partial charge in [-0.1, -0.05) is 17.8 Å². The van der Waals surface area contributed by atoms with Gasteiger partial charge in [0, 0.05) is 28.2 Å². The first-order valence-electron chi connectivity index (χ1n) is 10.1. The third-order valence-electron chi connectivity index (χ3n) is 5.16. The number of methoxy groups -OCH3 is 2. The van der Waals surface area contributed by atoms with Crippen molar-refractivity contribution in [3.8, 4) is 28.6 Å². The lowest BCUT2D eigenvalue weighted by Gasteiger charge is -2.09. The second kappa shape index (κ2) is 9.50. The highest BCUT2D eigenvalue weighted by Gasteiger charge is 2.19. The van der Waals surface area contributed by atoms with Crippen LogP contribution < -0.4 is 9.47 Å². The SMILES string of the molecule is COc1ccc(-c2nnc(SCC(=O)c3cc(C)n(-c4cccc(F)c4)c3C)o2)cc1OC. The van der Waals surface area contributed by atoms with E-state index in [2.05, 4.69) is 10.2 Å². The molecule has 0 radical (unpaired) electrons. The minimum absolute atomic E-state index is 0.0818. The van der Waals surface area contributed by atoms with Crippen LogP contribution >= 0.6 is 11.8 Å². The van der Waals surface area contributed by atoms with Crippen molar-refractivity contribution >= 4 is 17.5 Å². The Balaban J connectivity index is 1.48. The zero-order valence-electron chi connectivity index (χ0n) is 18.6. The fraction of sp³-hybridized carbons (Fsp3) is 0.208. The Labute approximate surface area is 194 Å². The maximum Gasteiger partial charge on any atom is 0.277 e. The van der Waals surface area contributed by atoms with Crippen LogP contribution in [-0.2, 0) is 0 Å². The van der Waals surface area contributed by atoms with Crippen LogP contribution in [-0.4, -0.2) is 40.5 Å². The fourth-order valence-corrected chi connectivity index (χ4v) is 4.26. The van der Waals surface area contributed by atoms with E-state index in [1.807, 2.05) is 24.5 Å². The number of ketones is 1. The Hall–Kier alpha value is -3.59. The molecule has 7 nitrogen and oxygen atoms in total. The molecule has 4 rings (SSSR count). The van der Waals surface area contributed by atoms with Gasteiger partial charge in [0.25, 0.3) is 5.22 Å². The molecule has 0 fully saturated rings. The summed E-state index contributed by atoms with van der Waals surface area (Å²) in [6.45, 7) is 3.73. The van der Waals surface area contributed by atoms with E-state index in [0.29, 0.717) is 34.2 Å². The largest absolute Gasteiger partial charge is 0.493 e. The van der Waals surface area contributed by atoms with Crippen molar-refractivity contribution in [2.75, 3.05) is 20.0 Å². The number of hydrogen-bond donors (Lipinski definition) is 0. The summed E-state index contributed by atoms with van der Waals surface area (Å²) in [4.78, 5) is 12.9. The molecule has 0 N–H and O–H groups in total. The van der Waals surface area contributed by atoms with Crippen molar-refractivity contribution in [2.45, 2.75) is 19.1 Å². The van der Waals surface area contributed by atoms with Gasteiger partial charge in [-0.05, 0) is 56.3 Å². The summed E-state index contributed by atoms with van der Waals surface area (Å²) in [5.74, 6) is 1.17. The maximum absolute atomic E-state index is 13.7. The van der Waals surface area contributed by atoms with Crippen LogP contribution in [0.5, 0.6) is 11.5 Å². The Bertz CT molecular complexity index is 1320. The van der Waals surface area contributed by atoms with E-state index in [9.17, 15) is 9.18 Å². The van der Waals surface area contributed by atoms with Gasteiger partial charge in [-0.15, -0.1) is 10.2 Å². The Kier molecular flexibility index (Phi) is 6.50. The predicted octanol–water partition coefficient (Wildman–Crippen LogP) is 5.28. The average molecular weight is 468 g/mol. The standard InChI is InChI=1S/C24H22FN3O4S/c1-14-10-19(15(2)28(14)18-7-5-6-17(25)12-18)20(29)13-33-24-27-26-23(32-24)16-8-9-21(30-3)22(11-16)31-4/h5-12H,13H2,1-4H3. The molecule has 0 aliphatic heterocycles. The van der Waals surface area contributed by atoms with Crippen molar-refractivity contribution in [2.24, 2.45) is 0 Å². The molecular weight excluding hydrogens is 445 g/mol. The zero-order chi connectivity index (χ0) is 23.5. The molecule has 33 heavy (non-hydrogen) atoms. The van der Waals surface area contributed by atoms with Crippen molar-refractivity contribution in [3.05, 3.63) is 71.3 Å². The molecule has 0 saturated heterocycles. The van der Waals surface area contributed by atoms with Crippen LogP contribution in [0.3, 0.4) is 0 Å². The summed E-state index contributed by atoms with van der Waals surface area (Å²) in [7, 11) is 3.11. The molecule has 2 heterocycles. The topological polar surface area (TPSA) is 79.4 Å². The monoisotopic (exact) mass is 467 g/mol. The summed E-state index contributed by atoms with van der Waals surface area (Å²) >= 11 is 1.16. The number of hydrogen-bond acceptors (Lipinski definition) is 7. The number of carbonyl (C=O) groups is 1. The molecule has 0 aliphatic rings. The summed E-state index contributed by atoms with van der Waals surface area (Å²) < 4.78 is 31.8. The minimum atomic E-state index is -0.329. The highest BCUT2D eigenvalue weighted by Crippen LogP contribution is 2.33. The molecule has 0 saturated carbocycles. The summed E-state index contributed by atoms with van der Waals surface area (Å²) in [5, 5.41) is 8.39. The number of aromatic nitrogens is 3. The molecule has 4 aromatic rings. The molecule has 0 spiro atoms. The molecule has 0 unspecified atom stereocenters. The van der Waals surface area contributed by atoms with E-state index < -0.39 is 0 Å². The van der Waals surface area contributed by atoms with Crippen LogP contribution in [0, 0.1) is 19.7 Å². The molecule has 170 valence electrons. The van der Waals surface area contributed by atoms with E-state index in [1.165, 1.54) is 12.1 Å². The second-order valence-corrected chi connectivity index (χ2v) is 8.18. The number of carbonyl (C=O) groups excluding carboxylic acids is 1. The Morgan fingerprint density at radius 3 is 2.58 bits per heavy atom. The van der Waals surface area contributed by atoms with Crippen molar-refractivity contribution in [3.63, 3.8) is 0 Å². The maximum atomic E-state index is 13.7.